The molecular weight excluding hydrogens is 503 g/mol. The van der Waals surface area contributed by atoms with Gasteiger partial charge >= 0.3 is 0 Å². The van der Waals surface area contributed by atoms with Crippen LogP contribution in [0.15, 0.2) is 91.5 Å². The average Bonchev–Trinajstić information content (AvgIpc) is 3.43. The van der Waals surface area contributed by atoms with Gasteiger partial charge in [-0.3, -0.25) is 4.79 Å². The molecule has 4 rings (SSSR count). The molecule has 0 saturated heterocycles. The van der Waals surface area contributed by atoms with Crippen LogP contribution in [0.5, 0.6) is 0 Å². The minimum atomic E-state index is -1.33. The molecule has 0 fully saturated rings. The minimum absolute atomic E-state index is 0.808. The molecule has 2 aromatic carbocycles. The first kappa shape index (κ1) is 25.4. The number of hydrogen-bond acceptors (Lipinski definition) is 3. The molecular formula is C26H27BrOPS2+. The maximum Gasteiger partial charge on any atom is 0.160 e. The van der Waals surface area contributed by atoms with Gasteiger partial charge in [0.1, 0.15) is 16.6 Å². The first-order valence-electron chi connectivity index (χ1n) is 9.74. The Morgan fingerprint density at radius 3 is 1.42 bits per heavy atom. The lowest BCUT2D eigenvalue weighted by Crippen LogP contribution is -2.15. The number of benzene rings is 2. The molecule has 2 aromatic heterocycles. The number of halogens is 1. The average molecular weight is 531 g/mol. The van der Waals surface area contributed by atoms with Crippen molar-refractivity contribution >= 4 is 67.1 Å². The third kappa shape index (κ3) is 8.31. The maximum absolute atomic E-state index is 10.0. The van der Waals surface area contributed by atoms with Crippen LogP contribution in [-0.2, 0) is 0 Å². The zero-order valence-corrected chi connectivity index (χ0v) is 22.1. The Bertz CT molecular complexity index is 983. The summed E-state index contributed by atoms with van der Waals surface area (Å²) >= 11 is 7.20. The fourth-order valence-electron chi connectivity index (χ4n) is 2.64. The van der Waals surface area contributed by atoms with Crippen molar-refractivity contribution in [2.45, 2.75) is 13.8 Å². The summed E-state index contributed by atoms with van der Waals surface area (Å²) in [6, 6.07) is 29.2. The van der Waals surface area contributed by atoms with Crippen molar-refractivity contribution in [3.05, 3.63) is 111 Å². The quantitative estimate of drug-likeness (QED) is 0.192. The van der Waals surface area contributed by atoms with Gasteiger partial charge in [0.15, 0.2) is 21.8 Å². The Balaban J connectivity index is 0.000000181. The SMILES string of the molecule is C=Cc1ccc(C)s1.C[P+](Br)(c1ccccc1)c1ccccc1.Cc1ccc(C=O)s1. The van der Waals surface area contributed by atoms with Gasteiger partial charge in [0.25, 0.3) is 0 Å². The number of hydrogen-bond donors (Lipinski definition) is 0. The smallest absolute Gasteiger partial charge is 0.160 e. The molecule has 5 heteroatoms. The summed E-state index contributed by atoms with van der Waals surface area (Å²) in [5.74, 6) is -1.33. The molecule has 0 unspecified atom stereocenters. The predicted molar refractivity (Wildman–Crippen MR) is 148 cm³/mol. The largest absolute Gasteiger partial charge is 0.297 e. The summed E-state index contributed by atoms with van der Waals surface area (Å²) in [7, 11) is 0. The van der Waals surface area contributed by atoms with E-state index in [1.165, 1.54) is 36.6 Å². The first-order chi connectivity index (χ1) is 14.9. The Morgan fingerprint density at radius 1 is 0.742 bits per heavy atom. The summed E-state index contributed by atoms with van der Waals surface area (Å²) in [5.41, 5.74) is 0. The van der Waals surface area contributed by atoms with E-state index in [1.807, 2.05) is 25.1 Å². The van der Waals surface area contributed by atoms with Crippen LogP contribution in [0.3, 0.4) is 0 Å². The second kappa shape index (κ2) is 12.9. The number of carbonyl (C=O) groups is 1. The number of rotatable bonds is 4. The Labute approximate surface area is 202 Å². The highest BCUT2D eigenvalue weighted by Gasteiger charge is 2.34. The van der Waals surface area contributed by atoms with Crippen molar-refractivity contribution in [3.63, 3.8) is 0 Å². The monoisotopic (exact) mass is 529 g/mol. The van der Waals surface area contributed by atoms with Crippen molar-refractivity contribution < 1.29 is 4.79 Å². The number of carbonyl (C=O) groups excluding carboxylic acids is 1. The van der Waals surface area contributed by atoms with E-state index in [0.29, 0.717) is 0 Å². The van der Waals surface area contributed by atoms with Crippen LogP contribution in [-0.4, -0.2) is 13.0 Å². The molecule has 2 heterocycles. The fraction of sp³-hybridized carbons (Fsp3) is 0.115. The molecule has 0 saturated carbocycles. The molecule has 31 heavy (non-hydrogen) atoms. The van der Waals surface area contributed by atoms with E-state index < -0.39 is 5.96 Å². The molecule has 1 nitrogen and oxygen atoms in total. The van der Waals surface area contributed by atoms with Gasteiger partial charge in [0.05, 0.1) is 11.5 Å². The van der Waals surface area contributed by atoms with Crippen LogP contribution < -0.4 is 10.6 Å². The van der Waals surface area contributed by atoms with Gasteiger partial charge in [-0.1, -0.05) is 49.1 Å². The van der Waals surface area contributed by atoms with Crippen molar-refractivity contribution in [2.75, 3.05) is 6.66 Å². The van der Waals surface area contributed by atoms with E-state index in [0.717, 1.165) is 11.2 Å². The van der Waals surface area contributed by atoms with Gasteiger partial charge < -0.3 is 0 Å². The normalized spacial score (nSPS) is 10.2. The van der Waals surface area contributed by atoms with Crippen LogP contribution in [0.4, 0.5) is 0 Å². The Morgan fingerprint density at radius 2 is 1.16 bits per heavy atom. The third-order valence-corrected chi connectivity index (χ3v) is 11.2. The van der Waals surface area contributed by atoms with Gasteiger partial charge in [0, 0.05) is 14.6 Å². The maximum atomic E-state index is 10.0. The van der Waals surface area contributed by atoms with E-state index in [4.69, 9.17) is 0 Å². The lowest BCUT2D eigenvalue weighted by Gasteiger charge is -2.13. The Kier molecular flexibility index (Phi) is 10.6. The highest BCUT2D eigenvalue weighted by Crippen LogP contribution is 2.60. The number of aldehydes is 1. The second-order valence-electron chi connectivity index (χ2n) is 6.79. The molecule has 0 aliphatic heterocycles. The topological polar surface area (TPSA) is 17.1 Å². The van der Waals surface area contributed by atoms with E-state index in [1.54, 1.807) is 11.3 Å². The highest BCUT2D eigenvalue weighted by molar-refractivity contribution is 9.43. The summed E-state index contributed by atoms with van der Waals surface area (Å²) in [6.07, 6.45) is 2.75. The molecule has 0 radical (unpaired) electrons. The summed E-state index contributed by atoms with van der Waals surface area (Å²) in [5, 5.41) is 2.77. The van der Waals surface area contributed by atoms with Gasteiger partial charge in [0.2, 0.25) is 0 Å². The zero-order valence-electron chi connectivity index (χ0n) is 18.0. The molecule has 0 bridgehead atoms. The van der Waals surface area contributed by atoms with Crippen LogP contribution in [0.25, 0.3) is 6.08 Å². The van der Waals surface area contributed by atoms with Crippen molar-refractivity contribution in [1.29, 1.82) is 0 Å². The molecule has 0 aliphatic carbocycles. The van der Waals surface area contributed by atoms with Crippen molar-refractivity contribution in [1.82, 2.24) is 0 Å². The third-order valence-electron chi connectivity index (χ3n) is 4.32. The predicted octanol–water partition coefficient (Wildman–Crippen LogP) is 8.16. The fourth-order valence-corrected chi connectivity index (χ4v) is 7.24. The highest BCUT2D eigenvalue weighted by atomic mass is 79.9. The number of aryl methyl sites for hydroxylation is 2. The molecule has 0 spiro atoms. The van der Waals surface area contributed by atoms with Gasteiger partial charge in [-0.2, -0.15) is 0 Å². The zero-order chi connectivity index (χ0) is 22.7. The van der Waals surface area contributed by atoms with Crippen LogP contribution in [0.1, 0.15) is 24.3 Å². The van der Waals surface area contributed by atoms with Crippen molar-refractivity contribution in [2.24, 2.45) is 0 Å². The number of thiophene rings is 2. The molecule has 4 aromatic rings. The Hall–Kier alpha value is -1.84. The standard InChI is InChI=1S/C13H13BrP.C7H8S.C6H6OS/c1-15(14,12-8-4-2-5-9-12)13-10-6-3-7-11-13;1-3-7-5-4-6(2)8-7;1-5-2-3-6(4-7)8-5/h2-11H,1H3;3-5H,1H2,2H3;2-4H,1H3/q+1;;. The minimum Gasteiger partial charge on any atom is -0.297 e. The van der Waals surface area contributed by atoms with E-state index in [9.17, 15) is 4.79 Å². The van der Waals surface area contributed by atoms with Crippen LogP contribution >= 0.6 is 44.1 Å². The van der Waals surface area contributed by atoms with Gasteiger partial charge in [-0.05, 0) is 62.4 Å². The van der Waals surface area contributed by atoms with Gasteiger partial charge in [-0.15, -0.1) is 22.7 Å². The van der Waals surface area contributed by atoms with Crippen molar-refractivity contribution in [3.8, 4) is 0 Å². The molecule has 160 valence electrons. The second-order valence-corrected chi connectivity index (χ2v) is 16.5. The van der Waals surface area contributed by atoms with E-state index in [2.05, 4.69) is 108 Å². The summed E-state index contributed by atoms with van der Waals surface area (Å²) in [6.45, 7) is 10.0. The first-order valence-corrected chi connectivity index (χ1v) is 15.6. The van der Waals surface area contributed by atoms with E-state index >= 15 is 0 Å². The lowest BCUT2D eigenvalue weighted by atomic mass is 10.4. The van der Waals surface area contributed by atoms with Gasteiger partial charge in [-0.25, -0.2) is 0 Å². The summed E-state index contributed by atoms with van der Waals surface area (Å²) < 4.78 is 0. The molecule has 0 atom stereocenters. The molecule has 0 aliphatic rings. The lowest BCUT2D eigenvalue weighted by molar-refractivity contribution is 0.112. The van der Waals surface area contributed by atoms with Crippen LogP contribution in [0.2, 0.25) is 0 Å². The van der Waals surface area contributed by atoms with Crippen LogP contribution in [0, 0.1) is 13.8 Å². The van der Waals surface area contributed by atoms with E-state index in [-0.39, 0.29) is 0 Å². The molecule has 0 N–H and O–H groups in total. The summed E-state index contributed by atoms with van der Waals surface area (Å²) in [4.78, 5) is 14.6. The molecule has 0 amide bonds.